The molecule has 3 heterocycles. The molecule has 9 heteroatoms. The van der Waals surface area contributed by atoms with E-state index in [1.54, 1.807) is 6.20 Å². The predicted molar refractivity (Wildman–Crippen MR) is 117 cm³/mol. The summed E-state index contributed by atoms with van der Waals surface area (Å²) < 4.78 is 44.9. The van der Waals surface area contributed by atoms with Crippen molar-refractivity contribution in [2.24, 2.45) is 17.8 Å². The third-order valence-corrected chi connectivity index (χ3v) is 7.53. The molecule has 1 aromatic heterocycles. The second kappa shape index (κ2) is 9.18. The van der Waals surface area contributed by atoms with Crippen molar-refractivity contribution in [1.82, 2.24) is 15.2 Å². The van der Waals surface area contributed by atoms with Gasteiger partial charge in [-0.15, -0.1) is 0 Å². The SMILES string of the molecule is O=C1NCC2(C[C@@H]3CC(F)(F)CC[C@H]3[C@@H]2C=Cc2ccc(OCCN3CCOCC3)cn2)O1. The van der Waals surface area contributed by atoms with Gasteiger partial charge in [0, 0.05) is 38.4 Å². The Morgan fingerprint density at radius 2 is 2.12 bits per heavy atom. The lowest BCUT2D eigenvalue weighted by molar-refractivity contribution is -0.0659. The molecular formula is C24H31F2N3O4. The van der Waals surface area contributed by atoms with E-state index in [4.69, 9.17) is 14.2 Å². The number of carbonyl (C=O) groups excluding carboxylic acids is 1. The monoisotopic (exact) mass is 463 g/mol. The molecule has 4 atom stereocenters. The summed E-state index contributed by atoms with van der Waals surface area (Å²) >= 11 is 0. The van der Waals surface area contributed by atoms with E-state index in [9.17, 15) is 13.6 Å². The number of pyridine rings is 1. The first-order valence-electron chi connectivity index (χ1n) is 11.8. The number of hydrogen-bond acceptors (Lipinski definition) is 6. The minimum Gasteiger partial charge on any atom is -0.491 e. The van der Waals surface area contributed by atoms with Crippen LogP contribution in [0.5, 0.6) is 5.75 Å². The predicted octanol–water partition coefficient (Wildman–Crippen LogP) is 3.36. The zero-order valence-corrected chi connectivity index (χ0v) is 18.7. The molecule has 4 aliphatic rings. The van der Waals surface area contributed by atoms with Crippen LogP contribution >= 0.6 is 0 Å². The van der Waals surface area contributed by atoms with Gasteiger partial charge < -0.3 is 19.5 Å². The molecule has 1 amide bonds. The van der Waals surface area contributed by atoms with Gasteiger partial charge in [0.05, 0.1) is 31.6 Å². The number of aromatic nitrogens is 1. The minimum absolute atomic E-state index is 0.0800. The summed E-state index contributed by atoms with van der Waals surface area (Å²) in [5.74, 6) is -2.09. The van der Waals surface area contributed by atoms with Crippen LogP contribution in [-0.2, 0) is 9.47 Å². The van der Waals surface area contributed by atoms with E-state index in [-0.39, 0.29) is 30.6 Å². The third kappa shape index (κ3) is 4.99. The Morgan fingerprint density at radius 3 is 2.85 bits per heavy atom. The van der Waals surface area contributed by atoms with Crippen LogP contribution < -0.4 is 10.1 Å². The number of carbonyl (C=O) groups is 1. The van der Waals surface area contributed by atoms with Crippen molar-refractivity contribution in [2.75, 3.05) is 46.0 Å². The van der Waals surface area contributed by atoms with Gasteiger partial charge in [0.25, 0.3) is 0 Å². The van der Waals surface area contributed by atoms with Crippen LogP contribution in [0.1, 0.15) is 31.4 Å². The highest BCUT2D eigenvalue weighted by molar-refractivity contribution is 5.70. The van der Waals surface area contributed by atoms with Crippen LogP contribution in [0.15, 0.2) is 24.4 Å². The van der Waals surface area contributed by atoms with E-state index in [0.29, 0.717) is 31.7 Å². The molecule has 5 rings (SSSR count). The molecule has 33 heavy (non-hydrogen) atoms. The lowest BCUT2D eigenvalue weighted by atomic mass is 9.75. The lowest BCUT2D eigenvalue weighted by Gasteiger charge is -2.34. The molecule has 180 valence electrons. The lowest BCUT2D eigenvalue weighted by Crippen LogP contribution is -2.38. The van der Waals surface area contributed by atoms with Crippen molar-refractivity contribution < 1.29 is 27.8 Å². The van der Waals surface area contributed by atoms with Crippen molar-refractivity contribution in [1.29, 1.82) is 0 Å². The van der Waals surface area contributed by atoms with Gasteiger partial charge in [-0.1, -0.05) is 6.08 Å². The maximum atomic E-state index is 14.0. The van der Waals surface area contributed by atoms with Gasteiger partial charge in [-0.05, 0) is 42.9 Å². The molecule has 0 aromatic carbocycles. The Kier molecular flexibility index (Phi) is 6.26. The van der Waals surface area contributed by atoms with E-state index < -0.39 is 17.6 Å². The Morgan fingerprint density at radius 1 is 1.27 bits per heavy atom. The first-order chi connectivity index (χ1) is 15.9. The van der Waals surface area contributed by atoms with Crippen LogP contribution in [0.2, 0.25) is 0 Å². The highest BCUT2D eigenvalue weighted by Gasteiger charge is 2.60. The van der Waals surface area contributed by atoms with Gasteiger partial charge in [-0.25, -0.2) is 13.6 Å². The molecule has 1 unspecified atom stereocenters. The van der Waals surface area contributed by atoms with E-state index in [2.05, 4.69) is 15.2 Å². The molecule has 0 bridgehead atoms. The van der Waals surface area contributed by atoms with Gasteiger partial charge in [0.2, 0.25) is 5.92 Å². The highest BCUT2D eigenvalue weighted by Crippen LogP contribution is 2.56. The number of ether oxygens (including phenoxy) is 3. The molecule has 1 spiro atoms. The quantitative estimate of drug-likeness (QED) is 0.698. The van der Waals surface area contributed by atoms with Crippen LogP contribution in [-0.4, -0.2) is 73.5 Å². The summed E-state index contributed by atoms with van der Waals surface area (Å²) in [4.78, 5) is 18.6. The molecular weight excluding hydrogens is 432 g/mol. The third-order valence-electron chi connectivity index (χ3n) is 7.53. The number of halogens is 2. The number of amides is 1. The summed E-state index contributed by atoms with van der Waals surface area (Å²) in [7, 11) is 0. The summed E-state index contributed by atoms with van der Waals surface area (Å²) in [6, 6.07) is 3.77. The molecule has 4 fully saturated rings. The average Bonchev–Trinajstić information content (AvgIpc) is 3.31. The average molecular weight is 464 g/mol. The zero-order valence-electron chi connectivity index (χ0n) is 18.7. The number of fused-ring (bicyclic) bond motifs is 1. The summed E-state index contributed by atoms with van der Waals surface area (Å²) in [6.45, 7) is 5.20. The van der Waals surface area contributed by atoms with Gasteiger partial charge >= 0.3 is 6.09 Å². The molecule has 2 aliphatic carbocycles. The van der Waals surface area contributed by atoms with Crippen LogP contribution in [0, 0.1) is 17.8 Å². The van der Waals surface area contributed by atoms with Gasteiger partial charge in [-0.2, -0.15) is 0 Å². The largest absolute Gasteiger partial charge is 0.491 e. The molecule has 1 aromatic rings. The minimum atomic E-state index is -2.63. The number of hydrogen-bond donors (Lipinski definition) is 1. The van der Waals surface area contributed by atoms with Gasteiger partial charge in [-0.3, -0.25) is 9.88 Å². The second-order valence-corrected chi connectivity index (χ2v) is 9.64. The Hall–Kier alpha value is -2.26. The molecule has 2 saturated carbocycles. The maximum Gasteiger partial charge on any atom is 0.407 e. The number of rotatable bonds is 6. The summed E-state index contributed by atoms with van der Waals surface area (Å²) in [6.07, 6.45) is 5.83. The fraction of sp³-hybridized carbons (Fsp3) is 0.667. The first-order valence-corrected chi connectivity index (χ1v) is 11.8. The Bertz CT molecular complexity index is 875. The Labute approximate surface area is 192 Å². The van der Waals surface area contributed by atoms with Crippen LogP contribution in [0.4, 0.5) is 13.6 Å². The van der Waals surface area contributed by atoms with E-state index >= 15 is 0 Å². The smallest absolute Gasteiger partial charge is 0.407 e. The topological polar surface area (TPSA) is 72.9 Å². The maximum absolute atomic E-state index is 14.0. The van der Waals surface area contributed by atoms with Crippen LogP contribution in [0.3, 0.4) is 0 Å². The fourth-order valence-electron chi connectivity index (χ4n) is 5.91. The number of nitrogens with zero attached hydrogens (tertiary/aromatic N) is 2. The second-order valence-electron chi connectivity index (χ2n) is 9.64. The van der Waals surface area contributed by atoms with Crippen molar-refractivity contribution >= 4 is 12.2 Å². The van der Waals surface area contributed by atoms with Crippen molar-refractivity contribution in [2.45, 2.75) is 37.2 Å². The molecule has 2 aliphatic heterocycles. The molecule has 7 nitrogen and oxygen atoms in total. The highest BCUT2D eigenvalue weighted by atomic mass is 19.3. The van der Waals surface area contributed by atoms with Crippen molar-refractivity contribution in [3.63, 3.8) is 0 Å². The fourth-order valence-corrected chi connectivity index (χ4v) is 5.91. The van der Waals surface area contributed by atoms with E-state index in [0.717, 1.165) is 38.5 Å². The number of morpholine rings is 1. The number of nitrogens with one attached hydrogen (secondary N) is 1. The van der Waals surface area contributed by atoms with Crippen LogP contribution in [0.25, 0.3) is 6.08 Å². The zero-order chi connectivity index (χ0) is 22.9. The number of alkyl halides is 2. The van der Waals surface area contributed by atoms with Crippen molar-refractivity contribution in [3.8, 4) is 5.75 Å². The molecule has 1 N–H and O–H groups in total. The molecule has 0 radical (unpaired) electrons. The van der Waals surface area contributed by atoms with Crippen molar-refractivity contribution in [3.05, 3.63) is 30.1 Å². The summed E-state index contributed by atoms with van der Waals surface area (Å²) in [5, 5.41) is 2.74. The van der Waals surface area contributed by atoms with Gasteiger partial charge in [0.15, 0.2) is 0 Å². The van der Waals surface area contributed by atoms with E-state index in [1.807, 2.05) is 24.3 Å². The molecule has 2 saturated heterocycles. The Balaban J connectivity index is 1.22. The normalized spacial score (nSPS) is 33.8. The standard InChI is InChI=1S/C24H31F2N3O4/c25-24(26)6-5-20-17(14-24)13-23(16-28-22(30)33-23)21(20)4-2-18-1-3-19(15-27-18)32-12-9-29-7-10-31-11-8-29/h1-4,15,17,20-21H,5-14,16H2,(H,28,30)/t17-,20-,21+,23?/m1/s1. The first kappa shape index (κ1) is 22.5. The van der Waals surface area contributed by atoms with Gasteiger partial charge in [0.1, 0.15) is 18.0 Å². The summed E-state index contributed by atoms with van der Waals surface area (Å²) in [5.41, 5.74) is 0.0128. The number of alkyl carbamates (subject to hydrolysis) is 1. The van der Waals surface area contributed by atoms with E-state index in [1.165, 1.54) is 0 Å².